The van der Waals surface area contributed by atoms with Crippen molar-refractivity contribution in [2.75, 3.05) is 45.7 Å². The number of nitrogens with zero attached hydrogens (tertiary/aromatic N) is 3. The number of aliphatic hydroxyl groups excluding tert-OH is 1. The Kier molecular flexibility index (Phi) is 7.95. The highest BCUT2D eigenvalue weighted by atomic mass is 16.5. The summed E-state index contributed by atoms with van der Waals surface area (Å²) in [5.74, 6) is 0.292. The smallest absolute Gasteiger partial charge is 0.317 e. The van der Waals surface area contributed by atoms with Gasteiger partial charge in [-0.25, -0.2) is 4.79 Å². The Morgan fingerprint density at radius 1 is 1.30 bits per heavy atom. The minimum Gasteiger partial charge on any atom is -0.487 e. The third kappa shape index (κ3) is 5.56. The van der Waals surface area contributed by atoms with E-state index in [1.165, 1.54) is 0 Å². The van der Waals surface area contributed by atoms with Crippen molar-refractivity contribution in [2.45, 2.75) is 45.9 Å². The summed E-state index contributed by atoms with van der Waals surface area (Å²) in [5.41, 5.74) is 1.36. The zero-order valence-corrected chi connectivity index (χ0v) is 19.2. The first kappa shape index (κ1) is 23.8. The molecule has 0 bridgehead atoms. The third-order valence-electron chi connectivity index (χ3n) is 5.38. The molecule has 3 atom stereocenters. The number of likely N-dealkylation sites (N-methyl/N-ethyl adjacent to an activating group) is 1. The Labute approximate surface area is 179 Å². The van der Waals surface area contributed by atoms with Crippen LogP contribution in [0.2, 0.25) is 0 Å². The number of ether oxygens (including phenoxy) is 1. The molecule has 0 unspecified atom stereocenters. The molecule has 8 nitrogen and oxygen atoms in total. The zero-order valence-electron chi connectivity index (χ0n) is 19.2. The van der Waals surface area contributed by atoms with Gasteiger partial charge in [-0.1, -0.05) is 6.92 Å². The average Bonchev–Trinajstić information content (AvgIpc) is 2.68. The SMILES string of the molecule is CC(C)NC(=O)N(C)C[C@H]1Oc2ccc(N(C)C)cc2C(=O)N([C@H](C)CO)C[C@H]1C. The maximum absolute atomic E-state index is 13.3. The van der Waals surface area contributed by atoms with Crippen molar-refractivity contribution in [3.63, 3.8) is 0 Å². The molecule has 1 aromatic rings. The monoisotopic (exact) mass is 420 g/mol. The van der Waals surface area contributed by atoms with Gasteiger partial charge < -0.3 is 29.9 Å². The normalized spacial score (nSPS) is 20.0. The maximum atomic E-state index is 13.3. The van der Waals surface area contributed by atoms with Crippen LogP contribution < -0.4 is 15.0 Å². The Bertz CT molecular complexity index is 753. The van der Waals surface area contributed by atoms with Crippen molar-refractivity contribution in [3.8, 4) is 5.75 Å². The number of anilines is 1. The van der Waals surface area contributed by atoms with E-state index in [1.807, 2.05) is 64.9 Å². The van der Waals surface area contributed by atoms with E-state index in [4.69, 9.17) is 4.74 Å². The van der Waals surface area contributed by atoms with E-state index in [0.717, 1.165) is 5.69 Å². The van der Waals surface area contributed by atoms with Crippen LogP contribution in [0.1, 0.15) is 38.1 Å². The number of urea groups is 1. The molecule has 3 amide bonds. The van der Waals surface area contributed by atoms with Gasteiger partial charge in [0.2, 0.25) is 0 Å². The number of nitrogens with one attached hydrogen (secondary N) is 1. The van der Waals surface area contributed by atoms with Crippen LogP contribution >= 0.6 is 0 Å². The van der Waals surface area contributed by atoms with Crippen LogP contribution in [0, 0.1) is 5.92 Å². The fraction of sp³-hybridized carbons (Fsp3) is 0.636. The lowest BCUT2D eigenvalue weighted by Gasteiger charge is -2.38. The van der Waals surface area contributed by atoms with Crippen LogP contribution in [0.3, 0.4) is 0 Å². The van der Waals surface area contributed by atoms with Gasteiger partial charge >= 0.3 is 6.03 Å². The molecular formula is C22H36N4O4. The average molecular weight is 421 g/mol. The molecule has 30 heavy (non-hydrogen) atoms. The summed E-state index contributed by atoms with van der Waals surface area (Å²) in [6.07, 6.45) is -0.307. The highest BCUT2D eigenvalue weighted by molar-refractivity contribution is 5.98. The van der Waals surface area contributed by atoms with Crippen LogP contribution in [-0.2, 0) is 0 Å². The second-order valence-corrected chi connectivity index (χ2v) is 8.68. The van der Waals surface area contributed by atoms with Crippen molar-refractivity contribution in [1.82, 2.24) is 15.1 Å². The van der Waals surface area contributed by atoms with Crippen LogP contribution in [0.15, 0.2) is 18.2 Å². The number of benzene rings is 1. The molecule has 2 rings (SSSR count). The molecule has 0 saturated carbocycles. The highest BCUT2D eigenvalue weighted by Crippen LogP contribution is 2.31. The van der Waals surface area contributed by atoms with E-state index < -0.39 is 0 Å². The van der Waals surface area contributed by atoms with E-state index in [0.29, 0.717) is 24.4 Å². The lowest BCUT2D eigenvalue weighted by atomic mass is 9.99. The van der Waals surface area contributed by atoms with E-state index in [-0.39, 0.29) is 42.7 Å². The lowest BCUT2D eigenvalue weighted by Crippen LogP contribution is -2.51. The van der Waals surface area contributed by atoms with Gasteiger partial charge in [0.05, 0.1) is 24.8 Å². The van der Waals surface area contributed by atoms with Crippen molar-refractivity contribution in [1.29, 1.82) is 0 Å². The summed E-state index contributed by atoms with van der Waals surface area (Å²) in [5, 5.41) is 12.6. The molecule has 0 spiro atoms. The van der Waals surface area contributed by atoms with Crippen LogP contribution in [0.4, 0.5) is 10.5 Å². The van der Waals surface area contributed by atoms with E-state index in [9.17, 15) is 14.7 Å². The number of carbonyl (C=O) groups excluding carboxylic acids is 2. The number of aliphatic hydroxyl groups is 1. The first-order chi connectivity index (χ1) is 14.0. The van der Waals surface area contributed by atoms with E-state index >= 15 is 0 Å². The highest BCUT2D eigenvalue weighted by Gasteiger charge is 2.34. The van der Waals surface area contributed by atoms with E-state index in [2.05, 4.69) is 5.32 Å². The Morgan fingerprint density at radius 3 is 2.53 bits per heavy atom. The molecule has 0 fully saturated rings. The summed E-state index contributed by atoms with van der Waals surface area (Å²) in [4.78, 5) is 30.9. The Morgan fingerprint density at radius 2 is 1.97 bits per heavy atom. The van der Waals surface area contributed by atoms with Gasteiger partial charge in [0.1, 0.15) is 11.9 Å². The van der Waals surface area contributed by atoms with Crippen molar-refractivity contribution in [3.05, 3.63) is 23.8 Å². The zero-order chi connectivity index (χ0) is 22.6. The van der Waals surface area contributed by atoms with E-state index in [1.54, 1.807) is 16.8 Å². The molecular weight excluding hydrogens is 384 g/mol. The minimum atomic E-state index is -0.323. The molecule has 168 valence electrons. The predicted octanol–water partition coefficient (Wildman–Crippen LogP) is 2.02. The molecule has 0 aromatic heterocycles. The first-order valence-electron chi connectivity index (χ1n) is 10.5. The molecule has 1 aromatic carbocycles. The first-order valence-corrected chi connectivity index (χ1v) is 10.5. The Balaban J connectivity index is 2.40. The molecule has 0 aliphatic carbocycles. The summed E-state index contributed by atoms with van der Waals surface area (Å²) in [6.45, 7) is 8.35. The van der Waals surface area contributed by atoms with Gasteiger partial charge in [0, 0.05) is 45.3 Å². The Hall–Kier alpha value is -2.48. The van der Waals surface area contributed by atoms with Crippen molar-refractivity contribution >= 4 is 17.6 Å². The number of hydrogen-bond acceptors (Lipinski definition) is 5. The summed E-state index contributed by atoms with van der Waals surface area (Å²) >= 11 is 0. The molecule has 2 N–H and O–H groups in total. The largest absolute Gasteiger partial charge is 0.487 e. The topological polar surface area (TPSA) is 85.4 Å². The number of carbonyl (C=O) groups is 2. The molecule has 0 saturated heterocycles. The second kappa shape index (κ2) is 10.0. The fourth-order valence-corrected chi connectivity index (χ4v) is 3.42. The van der Waals surface area contributed by atoms with Gasteiger partial charge in [-0.15, -0.1) is 0 Å². The van der Waals surface area contributed by atoms with Gasteiger partial charge in [-0.05, 0) is 39.0 Å². The van der Waals surface area contributed by atoms with Crippen LogP contribution in [0.5, 0.6) is 5.75 Å². The maximum Gasteiger partial charge on any atom is 0.317 e. The number of fused-ring (bicyclic) bond motifs is 1. The lowest BCUT2D eigenvalue weighted by molar-refractivity contribution is 0.0366. The summed E-state index contributed by atoms with van der Waals surface area (Å²) in [7, 11) is 5.57. The van der Waals surface area contributed by atoms with Gasteiger partial charge in [0.25, 0.3) is 5.91 Å². The van der Waals surface area contributed by atoms with Gasteiger partial charge in [0.15, 0.2) is 0 Å². The minimum absolute atomic E-state index is 0.0410. The van der Waals surface area contributed by atoms with Crippen molar-refractivity contribution < 1.29 is 19.4 Å². The van der Waals surface area contributed by atoms with Crippen LogP contribution in [-0.4, -0.2) is 85.9 Å². The molecule has 0 radical (unpaired) electrons. The van der Waals surface area contributed by atoms with Crippen LogP contribution in [0.25, 0.3) is 0 Å². The number of amides is 3. The number of rotatable bonds is 6. The molecule has 1 aliphatic heterocycles. The predicted molar refractivity (Wildman–Crippen MR) is 118 cm³/mol. The molecule has 8 heteroatoms. The summed E-state index contributed by atoms with van der Waals surface area (Å²) < 4.78 is 6.29. The summed E-state index contributed by atoms with van der Waals surface area (Å²) in [6, 6.07) is 5.09. The van der Waals surface area contributed by atoms with Gasteiger partial charge in [-0.3, -0.25) is 4.79 Å². The van der Waals surface area contributed by atoms with Crippen molar-refractivity contribution in [2.24, 2.45) is 5.92 Å². The van der Waals surface area contributed by atoms with Gasteiger partial charge in [-0.2, -0.15) is 0 Å². The molecule has 1 aliphatic rings. The second-order valence-electron chi connectivity index (χ2n) is 8.68. The fourth-order valence-electron chi connectivity index (χ4n) is 3.42. The standard InChI is InChI=1S/C22H36N4O4/c1-14(2)23-22(29)25(7)12-20-15(3)11-26(16(4)13-27)21(28)18-10-17(24(5)6)8-9-19(18)30-20/h8-10,14-16,20,27H,11-13H2,1-7H3,(H,23,29)/t15-,16-,20-/m1/s1. The third-order valence-corrected chi connectivity index (χ3v) is 5.38. The number of hydrogen-bond donors (Lipinski definition) is 2. The molecule has 1 heterocycles. The quantitative estimate of drug-likeness (QED) is 0.736.